The van der Waals surface area contributed by atoms with E-state index in [0.717, 1.165) is 12.1 Å². The number of alkyl halides is 3. The van der Waals surface area contributed by atoms with Crippen LogP contribution in [0.4, 0.5) is 18.9 Å². The first kappa shape index (κ1) is 19.4. The van der Waals surface area contributed by atoms with Gasteiger partial charge in [-0.3, -0.25) is 9.20 Å². The average Bonchev–Trinajstić information content (AvgIpc) is 3.03. The van der Waals surface area contributed by atoms with Crippen molar-refractivity contribution < 1.29 is 18.0 Å². The third kappa shape index (κ3) is 3.95. The summed E-state index contributed by atoms with van der Waals surface area (Å²) in [6.07, 6.45) is -2.91. The second-order valence-electron chi connectivity index (χ2n) is 6.60. The number of benzene rings is 2. The molecule has 2 aromatic heterocycles. The lowest BCUT2D eigenvalue weighted by Gasteiger charge is -2.10. The highest BCUT2D eigenvalue weighted by atomic mass is 19.4. The van der Waals surface area contributed by atoms with E-state index in [-0.39, 0.29) is 17.8 Å². The molecule has 1 N–H and O–H groups in total. The van der Waals surface area contributed by atoms with Crippen molar-refractivity contribution in [3.8, 4) is 0 Å². The zero-order valence-corrected chi connectivity index (χ0v) is 15.4. The molecule has 9 heteroatoms. The predicted octanol–water partition coefficient (Wildman–Crippen LogP) is 3.82. The Labute approximate surface area is 168 Å². The lowest BCUT2D eigenvalue weighted by atomic mass is 10.1. The van der Waals surface area contributed by atoms with E-state index in [2.05, 4.69) is 10.4 Å². The van der Waals surface area contributed by atoms with Crippen LogP contribution in [0.2, 0.25) is 0 Å². The summed E-state index contributed by atoms with van der Waals surface area (Å²) < 4.78 is 41.3. The van der Waals surface area contributed by atoms with Gasteiger partial charge in [0.25, 0.3) is 5.91 Å². The molecule has 0 bridgehead atoms. The van der Waals surface area contributed by atoms with Crippen LogP contribution in [0.1, 0.15) is 21.5 Å². The van der Waals surface area contributed by atoms with Gasteiger partial charge in [-0.25, -0.2) is 9.48 Å². The van der Waals surface area contributed by atoms with Crippen LogP contribution in [-0.2, 0) is 12.7 Å². The molecule has 0 radical (unpaired) electrons. The summed E-state index contributed by atoms with van der Waals surface area (Å²) in [4.78, 5) is 24.8. The minimum atomic E-state index is -4.53. The maximum Gasteiger partial charge on any atom is 0.416 e. The fourth-order valence-corrected chi connectivity index (χ4v) is 3.03. The highest BCUT2D eigenvalue weighted by Crippen LogP contribution is 2.29. The number of amides is 1. The van der Waals surface area contributed by atoms with Crippen molar-refractivity contribution in [1.82, 2.24) is 14.2 Å². The van der Waals surface area contributed by atoms with Crippen molar-refractivity contribution >= 4 is 17.2 Å². The zero-order chi connectivity index (χ0) is 21.3. The smallest absolute Gasteiger partial charge is 0.322 e. The van der Waals surface area contributed by atoms with Crippen molar-refractivity contribution in [3.63, 3.8) is 0 Å². The summed E-state index contributed by atoms with van der Waals surface area (Å²) in [6, 6.07) is 16.1. The molecule has 0 aliphatic carbocycles. The zero-order valence-electron chi connectivity index (χ0n) is 15.4. The van der Waals surface area contributed by atoms with Gasteiger partial charge in [0, 0.05) is 17.4 Å². The van der Waals surface area contributed by atoms with E-state index in [1.807, 2.05) is 0 Å². The van der Waals surface area contributed by atoms with Crippen LogP contribution in [0.5, 0.6) is 0 Å². The Morgan fingerprint density at radius 1 is 1.00 bits per heavy atom. The fraction of sp³-hybridized carbons (Fsp3) is 0.0952. The number of anilines is 1. The Hall–Kier alpha value is -3.88. The summed E-state index contributed by atoms with van der Waals surface area (Å²) in [5.74, 6) is -0.664. The van der Waals surface area contributed by atoms with Crippen molar-refractivity contribution in [3.05, 3.63) is 100 Å². The Balaban J connectivity index is 1.54. The Morgan fingerprint density at radius 2 is 1.80 bits per heavy atom. The lowest BCUT2D eigenvalue weighted by molar-refractivity contribution is -0.137. The summed E-state index contributed by atoms with van der Waals surface area (Å²) in [6.45, 7) is 0.174. The number of halogens is 3. The third-order valence-electron chi connectivity index (χ3n) is 4.46. The molecule has 0 aliphatic heterocycles. The summed E-state index contributed by atoms with van der Waals surface area (Å²) >= 11 is 0. The molecule has 0 spiro atoms. The maximum absolute atomic E-state index is 12.9. The van der Waals surface area contributed by atoms with E-state index in [9.17, 15) is 22.8 Å². The van der Waals surface area contributed by atoms with E-state index < -0.39 is 17.6 Å². The van der Waals surface area contributed by atoms with Gasteiger partial charge in [0.1, 0.15) is 0 Å². The first-order chi connectivity index (χ1) is 14.3. The van der Waals surface area contributed by atoms with Gasteiger partial charge in [-0.05, 0) is 48.0 Å². The summed E-state index contributed by atoms with van der Waals surface area (Å²) in [5.41, 5.74) is 0.302. The molecular weight excluding hydrogens is 397 g/mol. The number of hydrogen-bond acceptors (Lipinski definition) is 3. The fourth-order valence-electron chi connectivity index (χ4n) is 3.03. The second kappa shape index (κ2) is 7.51. The van der Waals surface area contributed by atoms with Gasteiger partial charge in [-0.2, -0.15) is 13.2 Å². The number of fused-ring (bicyclic) bond motifs is 1. The first-order valence-electron chi connectivity index (χ1n) is 8.93. The molecule has 0 saturated carbocycles. The maximum atomic E-state index is 12.9. The number of carbonyl (C=O) groups is 1. The number of nitrogens with zero attached hydrogens (tertiary/aromatic N) is 3. The Kier molecular flexibility index (Phi) is 4.86. The number of hydrogen-bond donors (Lipinski definition) is 1. The quantitative estimate of drug-likeness (QED) is 0.554. The van der Waals surface area contributed by atoms with Gasteiger partial charge in [-0.1, -0.05) is 24.3 Å². The normalized spacial score (nSPS) is 11.6. The first-order valence-corrected chi connectivity index (χ1v) is 8.93. The van der Waals surface area contributed by atoms with E-state index >= 15 is 0 Å². The van der Waals surface area contributed by atoms with Crippen LogP contribution < -0.4 is 11.0 Å². The molecule has 152 valence electrons. The predicted molar refractivity (Wildman–Crippen MR) is 104 cm³/mol. The van der Waals surface area contributed by atoms with Crippen LogP contribution in [0.15, 0.2) is 77.7 Å². The highest BCUT2D eigenvalue weighted by Gasteiger charge is 2.30. The van der Waals surface area contributed by atoms with Gasteiger partial charge >= 0.3 is 11.9 Å². The van der Waals surface area contributed by atoms with Crippen LogP contribution in [-0.4, -0.2) is 20.1 Å². The van der Waals surface area contributed by atoms with E-state index in [1.54, 1.807) is 48.7 Å². The van der Waals surface area contributed by atoms with Gasteiger partial charge in [-0.15, -0.1) is 5.10 Å². The van der Waals surface area contributed by atoms with Crippen LogP contribution in [0, 0.1) is 0 Å². The largest absolute Gasteiger partial charge is 0.416 e. The minimum absolute atomic E-state index is 0.105. The standard InChI is InChI=1S/C21H15F3N4O2/c22-21(23,24)16-7-4-6-15(12-16)19(29)25-17-8-3-5-14(11-17)13-28-20(30)27-10-2-1-9-18(27)26-28/h1-12H,13H2,(H,25,29). The SMILES string of the molecule is O=C(Nc1cccc(Cn2nc3ccccn3c2=O)c1)c1cccc(C(F)(F)F)c1. The molecule has 0 aliphatic rings. The van der Waals surface area contributed by atoms with E-state index in [4.69, 9.17) is 0 Å². The molecule has 6 nitrogen and oxygen atoms in total. The molecule has 0 atom stereocenters. The third-order valence-corrected chi connectivity index (χ3v) is 4.46. The molecule has 0 saturated heterocycles. The van der Waals surface area contributed by atoms with Gasteiger partial charge < -0.3 is 5.32 Å². The van der Waals surface area contributed by atoms with E-state index in [1.165, 1.54) is 21.2 Å². The lowest BCUT2D eigenvalue weighted by Crippen LogP contribution is -2.21. The minimum Gasteiger partial charge on any atom is -0.322 e. The van der Waals surface area contributed by atoms with Gasteiger partial charge in [0.05, 0.1) is 12.1 Å². The average molecular weight is 412 g/mol. The van der Waals surface area contributed by atoms with Crippen LogP contribution in [0.25, 0.3) is 5.65 Å². The molecular formula is C21H15F3N4O2. The van der Waals surface area contributed by atoms with Crippen LogP contribution >= 0.6 is 0 Å². The van der Waals surface area contributed by atoms with Crippen LogP contribution in [0.3, 0.4) is 0 Å². The molecule has 0 unspecified atom stereocenters. The van der Waals surface area contributed by atoms with Crippen molar-refractivity contribution in [1.29, 1.82) is 0 Å². The molecule has 0 fully saturated rings. The van der Waals surface area contributed by atoms with Crippen molar-refractivity contribution in [2.45, 2.75) is 12.7 Å². The molecule has 2 heterocycles. The van der Waals surface area contributed by atoms with Gasteiger partial charge in [0.2, 0.25) is 0 Å². The van der Waals surface area contributed by atoms with Crippen molar-refractivity contribution in [2.24, 2.45) is 0 Å². The number of carbonyl (C=O) groups excluding carboxylic acids is 1. The molecule has 4 aromatic rings. The van der Waals surface area contributed by atoms with Crippen molar-refractivity contribution in [2.75, 3.05) is 5.32 Å². The molecule has 4 rings (SSSR count). The molecule has 2 aromatic carbocycles. The topological polar surface area (TPSA) is 68.4 Å². The highest BCUT2D eigenvalue weighted by molar-refractivity contribution is 6.04. The second-order valence-corrected chi connectivity index (χ2v) is 6.60. The number of nitrogens with one attached hydrogen (secondary N) is 1. The Bertz CT molecular complexity index is 1290. The number of aromatic nitrogens is 3. The summed E-state index contributed by atoms with van der Waals surface area (Å²) in [5, 5.41) is 6.84. The number of rotatable bonds is 4. The van der Waals surface area contributed by atoms with E-state index in [0.29, 0.717) is 16.9 Å². The molecule has 30 heavy (non-hydrogen) atoms. The molecule has 1 amide bonds. The monoisotopic (exact) mass is 412 g/mol. The van der Waals surface area contributed by atoms with Gasteiger partial charge in [0.15, 0.2) is 5.65 Å². The number of pyridine rings is 1. The summed E-state index contributed by atoms with van der Waals surface area (Å²) in [7, 11) is 0. The Morgan fingerprint density at radius 3 is 2.57 bits per heavy atom.